The summed E-state index contributed by atoms with van der Waals surface area (Å²) in [5.41, 5.74) is 3.15. The predicted molar refractivity (Wildman–Crippen MR) is 100 cm³/mol. The standard InChI is InChI=1S/C20H21N5O/c1-15(17-6-4-3-5-7-17)12-19(26)24-8-10-25(11-9-24)20-22-16(2)13-18(14-21)23-20/h3-7,12-13H,8-11H2,1-2H3/b15-12+. The molecule has 0 atom stereocenters. The van der Waals surface area contributed by atoms with E-state index in [0.717, 1.165) is 16.8 Å². The number of amides is 1. The number of benzene rings is 1. The van der Waals surface area contributed by atoms with Gasteiger partial charge in [-0.1, -0.05) is 30.3 Å². The van der Waals surface area contributed by atoms with Gasteiger partial charge in [-0.2, -0.15) is 5.26 Å². The number of nitriles is 1. The smallest absolute Gasteiger partial charge is 0.246 e. The minimum atomic E-state index is 0.0221. The Balaban J connectivity index is 1.64. The molecule has 0 bridgehead atoms. The maximum Gasteiger partial charge on any atom is 0.246 e. The molecule has 26 heavy (non-hydrogen) atoms. The lowest BCUT2D eigenvalue weighted by Gasteiger charge is -2.34. The number of rotatable bonds is 3. The number of hydrogen-bond donors (Lipinski definition) is 0. The largest absolute Gasteiger partial charge is 0.337 e. The summed E-state index contributed by atoms with van der Waals surface area (Å²) in [7, 11) is 0. The Morgan fingerprint density at radius 2 is 1.85 bits per heavy atom. The number of carbonyl (C=O) groups is 1. The Hall–Kier alpha value is -3.20. The van der Waals surface area contributed by atoms with E-state index >= 15 is 0 Å². The molecule has 1 amide bonds. The van der Waals surface area contributed by atoms with Crippen molar-refractivity contribution in [3.8, 4) is 6.07 Å². The van der Waals surface area contributed by atoms with Gasteiger partial charge in [-0.3, -0.25) is 4.79 Å². The third kappa shape index (κ3) is 4.06. The molecule has 1 saturated heterocycles. The van der Waals surface area contributed by atoms with Gasteiger partial charge in [0.15, 0.2) is 0 Å². The Kier molecular flexibility index (Phi) is 5.28. The van der Waals surface area contributed by atoms with Crippen LogP contribution in [0.5, 0.6) is 0 Å². The van der Waals surface area contributed by atoms with E-state index in [1.165, 1.54) is 0 Å². The molecule has 2 aromatic rings. The van der Waals surface area contributed by atoms with Crippen LogP contribution in [0.1, 0.15) is 23.9 Å². The van der Waals surface area contributed by atoms with Crippen molar-refractivity contribution in [2.24, 2.45) is 0 Å². The molecule has 6 heteroatoms. The third-order valence-electron chi connectivity index (χ3n) is 4.40. The van der Waals surface area contributed by atoms with Gasteiger partial charge in [0, 0.05) is 37.9 Å². The second kappa shape index (κ2) is 7.79. The summed E-state index contributed by atoms with van der Waals surface area (Å²) in [6.07, 6.45) is 1.70. The van der Waals surface area contributed by atoms with Crippen LogP contribution in [-0.4, -0.2) is 47.0 Å². The summed E-state index contributed by atoms with van der Waals surface area (Å²) in [5, 5.41) is 9.06. The first-order chi connectivity index (χ1) is 12.6. The van der Waals surface area contributed by atoms with Crippen LogP contribution in [-0.2, 0) is 4.79 Å². The number of carbonyl (C=O) groups excluding carboxylic acids is 1. The van der Waals surface area contributed by atoms with Gasteiger partial charge in [0.25, 0.3) is 0 Å². The van der Waals surface area contributed by atoms with E-state index in [-0.39, 0.29) is 5.91 Å². The minimum Gasteiger partial charge on any atom is -0.337 e. The van der Waals surface area contributed by atoms with Gasteiger partial charge in [-0.15, -0.1) is 0 Å². The van der Waals surface area contributed by atoms with E-state index in [9.17, 15) is 4.79 Å². The third-order valence-corrected chi connectivity index (χ3v) is 4.40. The van der Waals surface area contributed by atoms with Gasteiger partial charge < -0.3 is 9.80 Å². The van der Waals surface area contributed by atoms with Gasteiger partial charge >= 0.3 is 0 Å². The maximum atomic E-state index is 12.5. The van der Waals surface area contributed by atoms with Crippen LogP contribution >= 0.6 is 0 Å². The second-order valence-corrected chi connectivity index (χ2v) is 6.31. The zero-order valence-corrected chi connectivity index (χ0v) is 15.0. The molecule has 0 unspecified atom stereocenters. The van der Waals surface area contributed by atoms with Crippen LogP contribution in [0.2, 0.25) is 0 Å². The highest BCUT2D eigenvalue weighted by Crippen LogP contribution is 2.16. The van der Waals surface area contributed by atoms with E-state index in [4.69, 9.17) is 5.26 Å². The van der Waals surface area contributed by atoms with E-state index in [1.54, 1.807) is 12.1 Å². The highest BCUT2D eigenvalue weighted by atomic mass is 16.2. The quantitative estimate of drug-likeness (QED) is 0.797. The average Bonchev–Trinajstić information content (AvgIpc) is 2.68. The first-order valence-electron chi connectivity index (χ1n) is 8.60. The number of hydrogen-bond acceptors (Lipinski definition) is 5. The van der Waals surface area contributed by atoms with Gasteiger partial charge in [-0.25, -0.2) is 9.97 Å². The highest BCUT2D eigenvalue weighted by Gasteiger charge is 2.22. The zero-order valence-electron chi connectivity index (χ0n) is 15.0. The Morgan fingerprint density at radius 3 is 2.50 bits per heavy atom. The van der Waals surface area contributed by atoms with Crippen molar-refractivity contribution < 1.29 is 4.79 Å². The van der Waals surface area contributed by atoms with E-state index in [0.29, 0.717) is 37.8 Å². The van der Waals surface area contributed by atoms with Crippen LogP contribution in [0.3, 0.4) is 0 Å². The fraction of sp³-hybridized carbons (Fsp3) is 0.300. The molecule has 0 aliphatic carbocycles. The zero-order chi connectivity index (χ0) is 18.5. The molecule has 6 nitrogen and oxygen atoms in total. The summed E-state index contributed by atoms with van der Waals surface area (Å²) in [4.78, 5) is 25.1. The summed E-state index contributed by atoms with van der Waals surface area (Å²) >= 11 is 0. The van der Waals surface area contributed by atoms with Crippen LogP contribution in [0.25, 0.3) is 5.57 Å². The lowest BCUT2D eigenvalue weighted by molar-refractivity contribution is -0.126. The SMILES string of the molecule is C/C(=C\C(=O)N1CCN(c2nc(C)cc(C#N)n2)CC1)c1ccccc1. The Morgan fingerprint density at radius 1 is 1.15 bits per heavy atom. The lowest BCUT2D eigenvalue weighted by atomic mass is 10.1. The molecule has 1 aromatic heterocycles. The summed E-state index contributed by atoms with van der Waals surface area (Å²) in [5.74, 6) is 0.582. The molecule has 0 radical (unpaired) electrons. The number of allylic oxidation sites excluding steroid dienone is 1. The van der Waals surface area contributed by atoms with Crippen molar-refractivity contribution in [2.45, 2.75) is 13.8 Å². The molecule has 1 fully saturated rings. The highest BCUT2D eigenvalue weighted by molar-refractivity contribution is 5.95. The second-order valence-electron chi connectivity index (χ2n) is 6.31. The molecule has 0 spiro atoms. The van der Waals surface area contributed by atoms with Crippen molar-refractivity contribution >= 4 is 17.4 Å². The fourth-order valence-electron chi connectivity index (χ4n) is 2.94. The Bertz CT molecular complexity index is 862. The van der Waals surface area contributed by atoms with Crippen molar-refractivity contribution in [3.63, 3.8) is 0 Å². The number of piperazine rings is 1. The maximum absolute atomic E-state index is 12.5. The molecular weight excluding hydrogens is 326 g/mol. The molecular formula is C20H21N5O. The Labute approximate surface area is 153 Å². The first-order valence-corrected chi connectivity index (χ1v) is 8.60. The van der Waals surface area contributed by atoms with Crippen molar-refractivity contribution in [1.29, 1.82) is 5.26 Å². The average molecular weight is 347 g/mol. The van der Waals surface area contributed by atoms with Crippen LogP contribution in [0.15, 0.2) is 42.5 Å². The summed E-state index contributed by atoms with van der Waals surface area (Å²) in [6, 6.07) is 13.6. The van der Waals surface area contributed by atoms with Crippen LogP contribution < -0.4 is 4.90 Å². The van der Waals surface area contributed by atoms with Gasteiger partial charge in [0.05, 0.1) is 0 Å². The molecule has 1 aliphatic rings. The fourth-order valence-corrected chi connectivity index (χ4v) is 2.94. The predicted octanol–water partition coefficient (Wildman–Crippen LogP) is 2.41. The topological polar surface area (TPSA) is 73.1 Å². The summed E-state index contributed by atoms with van der Waals surface area (Å²) in [6.45, 7) is 6.32. The molecule has 3 rings (SSSR count). The van der Waals surface area contributed by atoms with Crippen LogP contribution in [0, 0.1) is 18.3 Å². The number of nitrogens with zero attached hydrogens (tertiary/aromatic N) is 5. The molecule has 1 aliphatic heterocycles. The van der Waals surface area contributed by atoms with Gasteiger partial charge in [-0.05, 0) is 31.1 Å². The lowest BCUT2D eigenvalue weighted by Crippen LogP contribution is -2.49. The van der Waals surface area contributed by atoms with E-state index < -0.39 is 0 Å². The van der Waals surface area contributed by atoms with Crippen molar-refractivity contribution in [3.05, 3.63) is 59.4 Å². The molecule has 132 valence electrons. The van der Waals surface area contributed by atoms with Crippen molar-refractivity contribution in [1.82, 2.24) is 14.9 Å². The number of aryl methyl sites for hydroxylation is 1. The molecule has 0 saturated carbocycles. The van der Waals surface area contributed by atoms with Gasteiger partial charge in [0.1, 0.15) is 11.8 Å². The minimum absolute atomic E-state index is 0.0221. The van der Waals surface area contributed by atoms with Crippen molar-refractivity contribution in [2.75, 3.05) is 31.1 Å². The monoisotopic (exact) mass is 347 g/mol. The summed E-state index contributed by atoms with van der Waals surface area (Å²) < 4.78 is 0. The number of anilines is 1. The normalized spacial score (nSPS) is 14.9. The molecule has 0 N–H and O–H groups in total. The molecule has 2 heterocycles. The molecule has 1 aromatic carbocycles. The van der Waals surface area contributed by atoms with Gasteiger partial charge in [0.2, 0.25) is 11.9 Å². The van der Waals surface area contributed by atoms with E-state index in [2.05, 4.69) is 16.0 Å². The first kappa shape index (κ1) is 17.6. The number of aromatic nitrogens is 2. The van der Waals surface area contributed by atoms with Crippen LogP contribution in [0.4, 0.5) is 5.95 Å². The van der Waals surface area contributed by atoms with E-state index in [1.807, 2.05) is 54.0 Å².